The number of carboxylic acid groups (broad SMARTS) is 1. The van der Waals surface area contributed by atoms with Crippen LogP contribution >= 0.6 is 0 Å². The zero-order chi connectivity index (χ0) is 10.7. The Kier molecular flexibility index (Phi) is 3.06. The van der Waals surface area contributed by atoms with E-state index in [2.05, 4.69) is 4.98 Å². The molecule has 1 rings (SSSR count). The summed E-state index contributed by atoms with van der Waals surface area (Å²) in [6.07, 6.45) is 0.654. The van der Waals surface area contributed by atoms with E-state index in [1.807, 2.05) is 13.8 Å². The van der Waals surface area contributed by atoms with Gasteiger partial charge < -0.3 is 9.84 Å². The molecular formula is C10H13NO3. The van der Waals surface area contributed by atoms with Crippen molar-refractivity contribution in [2.24, 2.45) is 0 Å². The average Bonchev–Trinajstić information content (AvgIpc) is 2.15. The second kappa shape index (κ2) is 4.09. The van der Waals surface area contributed by atoms with Crippen LogP contribution in [0.1, 0.15) is 28.5 Å². The highest BCUT2D eigenvalue weighted by molar-refractivity contribution is 5.92. The van der Waals surface area contributed by atoms with Crippen molar-refractivity contribution in [2.45, 2.75) is 20.3 Å². The third kappa shape index (κ3) is 1.84. The number of aromatic carboxylic acids is 1. The highest BCUT2D eigenvalue weighted by atomic mass is 16.5. The lowest BCUT2D eigenvalue weighted by Gasteiger charge is -2.09. The molecule has 1 N–H and O–H groups in total. The molecule has 0 radical (unpaired) electrons. The molecule has 1 aromatic rings. The number of ether oxygens (including phenoxy) is 1. The fraction of sp³-hybridized carbons (Fsp3) is 0.400. The lowest BCUT2D eigenvalue weighted by atomic mass is 10.1. The number of hydrogen-bond donors (Lipinski definition) is 1. The third-order valence-electron chi connectivity index (χ3n) is 1.98. The minimum absolute atomic E-state index is 0.167. The summed E-state index contributed by atoms with van der Waals surface area (Å²) in [5, 5.41) is 8.98. The molecule has 0 fully saturated rings. The topological polar surface area (TPSA) is 59.4 Å². The van der Waals surface area contributed by atoms with Crippen molar-refractivity contribution < 1.29 is 14.6 Å². The first kappa shape index (κ1) is 10.5. The molecule has 0 aliphatic carbocycles. The summed E-state index contributed by atoms with van der Waals surface area (Å²) in [5.74, 6) is -0.805. The summed E-state index contributed by atoms with van der Waals surface area (Å²) < 4.78 is 4.94. The summed E-state index contributed by atoms with van der Waals surface area (Å²) in [7, 11) is 1.42. The van der Waals surface area contributed by atoms with Gasteiger partial charge in [-0.15, -0.1) is 0 Å². The van der Waals surface area contributed by atoms with E-state index in [0.29, 0.717) is 6.42 Å². The standard InChI is InChI=1S/C10H13NO3/c1-4-7-5-6(2)11-9(14-3)8(7)10(12)13/h5H,4H2,1-3H3,(H,12,13). The first-order valence-corrected chi connectivity index (χ1v) is 4.38. The van der Waals surface area contributed by atoms with Gasteiger partial charge in [-0.2, -0.15) is 0 Å². The van der Waals surface area contributed by atoms with Crippen molar-refractivity contribution in [1.82, 2.24) is 4.98 Å². The molecule has 4 heteroatoms. The van der Waals surface area contributed by atoms with Gasteiger partial charge in [0.25, 0.3) is 0 Å². The van der Waals surface area contributed by atoms with Gasteiger partial charge >= 0.3 is 5.97 Å². The number of hydrogen-bond acceptors (Lipinski definition) is 3. The summed E-state index contributed by atoms with van der Waals surface area (Å²) in [6, 6.07) is 1.77. The Hall–Kier alpha value is -1.58. The molecule has 0 atom stereocenters. The van der Waals surface area contributed by atoms with Gasteiger partial charge in [-0.1, -0.05) is 6.92 Å². The van der Waals surface area contributed by atoms with E-state index in [4.69, 9.17) is 9.84 Å². The minimum atomic E-state index is -0.994. The van der Waals surface area contributed by atoms with Crippen LogP contribution in [0.4, 0.5) is 0 Å². The zero-order valence-corrected chi connectivity index (χ0v) is 8.50. The normalized spacial score (nSPS) is 9.93. The maximum atomic E-state index is 11.0. The first-order valence-electron chi connectivity index (χ1n) is 4.38. The Labute approximate surface area is 82.5 Å². The Morgan fingerprint density at radius 2 is 2.29 bits per heavy atom. The largest absolute Gasteiger partial charge is 0.480 e. The summed E-state index contributed by atoms with van der Waals surface area (Å²) >= 11 is 0. The quantitative estimate of drug-likeness (QED) is 0.796. The van der Waals surface area contributed by atoms with Crippen LogP contribution < -0.4 is 4.74 Å². The van der Waals surface area contributed by atoms with E-state index in [1.165, 1.54) is 7.11 Å². The van der Waals surface area contributed by atoms with Crippen molar-refractivity contribution in [3.8, 4) is 5.88 Å². The fourth-order valence-corrected chi connectivity index (χ4v) is 1.37. The summed E-state index contributed by atoms with van der Waals surface area (Å²) in [4.78, 5) is 15.0. The van der Waals surface area contributed by atoms with Crippen LogP contribution in [-0.4, -0.2) is 23.2 Å². The number of rotatable bonds is 3. The molecule has 0 aliphatic heterocycles. The molecule has 0 amide bonds. The number of aromatic nitrogens is 1. The Morgan fingerprint density at radius 3 is 2.71 bits per heavy atom. The Bertz CT molecular complexity index is 335. The van der Waals surface area contributed by atoms with E-state index in [1.54, 1.807) is 6.07 Å². The lowest BCUT2D eigenvalue weighted by molar-refractivity contribution is 0.0691. The van der Waals surface area contributed by atoms with E-state index in [-0.39, 0.29) is 11.4 Å². The molecule has 0 bridgehead atoms. The van der Waals surface area contributed by atoms with Crippen LogP contribution in [0.3, 0.4) is 0 Å². The number of carbonyl (C=O) groups is 1. The number of carboxylic acids is 1. The van der Waals surface area contributed by atoms with Crippen molar-refractivity contribution in [3.05, 3.63) is 22.9 Å². The first-order chi connectivity index (χ1) is 6.60. The van der Waals surface area contributed by atoms with E-state index in [9.17, 15) is 4.79 Å². The monoisotopic (exact) mass is 195 g/mol. The predicted molar refractivity (Wildman–Crippen MR) is 51.9 cm³/mol. The smallest absolute Gasteiger partial charge is 0.341 e. The Balaban J connectivity index is 3.40. The lowest BCUT2D eigenvalue weighted by Crippen LogP contribution is -2.07. The van der Waals surface area contributed by atoms with Crippen LogP contribution in [-0.2, 0) is 6.42 Å². The van der Waals surface area contributed by atoms with Crippen molar-refractivity contribution in [2.75, 3.05) is 7.11 Å². The van der Waals surface area contributed by atoms with Gasteiger partial charge in [0.1, 0.15) is 5.56 Å². The summed E-state index contributed by atoms with van der Waals surface area (Å²) in [6.45, 7) is 3.72. The van der Waals surface area contributed by atoms with Gasteiger partial charge in [-0.25, -0.2) is 9.78 Å². The van der Waals surface area contributed by atoms with Crippen molar-refractivity contribution in [3.63, 3.8) is 0 Å². The molecule has 0 aromatic carbocycles. The van der Waals surface area contributed by atoms with Gasteiger partial charge in [-0.05, 0) is 25.0 Å². The molecule has 76 valence electrons. The van der Waals surface area contributed by atoms with Crippen LogP contribution in [0.15, 0.2) is 6.07 Å². The molecule has 0 aliphatic rings. The fourth-order valence-electron chi connectivity index (χ4n) is 1.37. The molecule has 1 heterocycles. The molecule has 0 unspecified atom stereocenters. The third-order valence-corrected chi connectivity index (χ3v) is 1.98. The summed E-state index contributed by atoms with van der Waals surface area (Å²) in [5.41, 5.74) is 1.69. The SMILES string of the molecule is CCc1cc(C)nc(OC)c1C(=O)O. The van der Waals surface area contributed by atoms with Gasteiger partial charge in [0.15, 0.2) is 0 Å². The minimum Gasteiger partial charge on any atom is -0.480 e. The van der Waals surface area contributed by atoms with Crippen molar-refractivity contribution >= 4 is 5.97 Å². The molecule has 0 spiro atoms. The number of nitrogens with zero attached hydrogens (tertiary/aromatic N) is 1. The molecular weight excluding hydrogens is 182 g/mol. The number of pyridine rings is 1. The van der Waals surface area contributed by atoms with Crippen molar-refractivity contribution in [1.29, 1.82) is 0 Å². The molecule has 1 aromatic heterocycles. The second-order valence-corrected chi connectivity index (χ2v) is 2.97. The van der Waals surface area contributed by atoms with E-state index >= 15 is 0 Å². The number of aryl methyl sites for hydroxylation is 2. The van der Waals surface area contributed by atoms with Gasteiger partial charge in [-0.3, -0.25) is 0 Å². The molecule has 14 heavy (non-hydrogen) atoms. The maximum absolute atomic E-state index is 11.0. The number of methoxy groups -OCH3 is 1. The van der Waals surface area contributed by atoms with Gasteiger partial charge in [0.05, 0.1) is 7.11 Å². The predicted octanol–water partition coefficient (Wildman–Crippen LogP) is 1.66. The van der Waals surface area contributed by atoms with E-state index in [0.717, 1.165) is 11.3 Å². The van der Waals surface area contributed by atoms with E-state index < -0.39 is 5.97 Å². The molecule has 4 nitrogen and oxygen atoms in total. The highest BCUT2D eigenvalue weighted by Crippen LogP contribution is 2.21. The van der Waals surface area contributed by atoms with Crippen LogP contribution in [0.5, 0.6) is 5.88 Å². The highest BCUT2D eigenvalue weighted by Gasteiger charge is 2.17. The molecule has 0 saturated heterocycles. The Morgan fingerprint density at radius 1 is 1.64 bits per heavy atom. The maximum Gasteiger partial charge on any atom is 0.341 e. The second-order valence-electron chi connectivity index (χ2n) is 2.97. The van der Waals surface area contributed by atoms with Crippen LogP contribution in [0.25, 0.3) is 0 Å². The zero-order valence-electron chi connectivity index (χ0n) is 8.50. The van der Waals surface area contributed by atoms with Gasteiger partial charge in [0.2, 0.25) is 5.88 Å². The van der Waals surface area contributed by atoms with Crippen LogP contribution in [0.2, 0.25) is 0 Å². The van der Waals surface area contributed by atoms with Crippen LogP contribution in [0, 0.1) is 6.92 Å². The average molecular weight is 195 g/mol. The van der Waals surface area contributed by atoms with Gasteiger partial charge in [0, 0.05) is 5.69 Å². The molecule has 0 saturated carbocycles.